The molecule has 1 fully saturated rings. The fourth-order valence-electron chi connectivity index (χ4n) is 3.75. The van der Waals surface area contributed by atoms with Crippen LogP contribution in [0.4, 0.5) is 0 Å². The molecule has 0 unspecified atom stereocenters. The number of amides is 3. The number of rotatable bonds is 5. The van der Waals surface area contributed by atoms with Crippen molar-refractivity contribution in [1.82, 2.24) is 10.2 Å². The quantitative estimate of drug-likeness (QED) is 0.599. The number of esters is 1. The standard InChI is InChI=1S/C21H23N3O5/c1-13(24-18(26)15-8-4-5-9-16(15)19(24)27)20(28)29-14(2)17(25)23-21(12-22)10-6-3-7-11-21/h4-5,8-9,13-14H,3,6-7,10-11H2,1-2H3,(H,23,25)/t13-,14-/m0/s1. The van der Waals surface area contributed by atoms with Gasteiger partial charge in [-0.3, -0.25) is 19.3 Å². The van der Waals surface area contributed by atoms with Crippen LogP contribution in [0.15, 0.2) is 24.3 Å². The number of hydrogen-bond donors (Lipinski definition) is 1. The Morgan fingerprint density at radius 1 is 1.10 bits per heavy atom. The van der Waals surface area contributed by atoms with E-state index in [4.69, 9.17) is 4.74 Å². The Bertz CT molecular complexity index is 863. The molecule has 0 saturated heterocycles. The van der Waals surface area contributed by atoms with Crippen LogP contribution in [0.1, 0.15) is 66.7 Å². The smallest absolute Gasteiger partial charge is 0.329 e. The molecule has 2 aliphatic rings. The normalized spacial score (nSPS) is 19.7. The zero-order valence-corrected chi connectivity index (χ0v) is 16.4. The number of ether oxygens (including phenoxy) is 1. The molecule has 1 heterocycles. The highest BCUT2D eigenvalue weighted by molar-refractivity contribution is 6.22. The summed E-state index contributed by atoms with van der Waals surface area (Å²) in [7, 11) is 0. The first-order valence-electron chi connectivity index (χ1n) is 9.70. The minimum Gasteiger partial charge on any atom is -0.451 e. The predicted molar refractivity (Wildman–Crippen MR) is 102 cm³/mol. The van der Waals surface area contributed by atoms with E-state index in [0.717, 1.165) is 24.2 Å². The van der Waals surface area contributed by atoms with Crippen LogP contribution in [0.3, 0.4) is 0 Å². The van der Waals surface area contributed by atoms with E-state index in [1.807, 2.05) is 0 Å². The molecular weight excluding hydrogens is 374 g/mol. The zero-order valence-electron chi connectivity index (χ0n) is 16.4. The van der Waals surface area contributed by atoms with Crippen LogP contribution in [-0.2, 0) is 14.3 Å². The van der Waals surface area contributed by atoms with Gasteiger partial charge in [0.2, 0.25) is 0 Å². The van der Waals surface area contributed by atoms with Gasteiger partial charge < -0.3 is 10.1 Å². The minimum absolute atomic E-state index is 0.233. The summed E-state index contributed by atoms with van der Waals surface area (Å²) in [5, 5.41) is 12.2. The minimum atomic E-state index is -1.18. The molecule has 1 aliphatic heterocycles. The third-order valence-electron chi connectivity index (χ3n) is 5.50. The van der Waals surface area contributed by atoms with Crippen molar-refractivity contribution in [2.24, 2.45) is 0 Å². The van der Waals surface area contributed by atoms with Gasteiger partial charge >= 0.3 is 5.97 Å². The van der Waals surface area contributed by atoms with Crippen LogP contribution in [0.25, 0.3) is 0 Å². The molecule has 8 nitrogen and oxygen atoms in total. The van der Waals surface area contributed by atoms with Gasteiger partial charge in [0.1, 0.15) is 11.6 Å². The number of carbonyl (C=O) groups is 4. The second-order valence-electron chi connectivity index (χ2n) is 7.52. The van der Waals surface area contributed by atoms with Gasteiger partial charge in [0.05, 0.1) is 17.2 Å². The van der Waals surface area contributed by atoms with Crippen LogP contribution < -0.4 is 5.32 Å². The molecule has 29 heavy (non-hydrogen) atoms. The second kappa shape index (κ2) is 8.03. The number of hydrogen-bond acceptors (Lipinski definition) is 6. The summed E-state index contributed by atoms with van der Waals surface area (Å²) in [6, 6.07) is 7.31. The molecule has 0 radical (unpaired) electrons. The van der Waals surface area contributed by atoms with Crippen molar-refractivity contribution in [3.63, 3.8) is 0 Å². The maximum Gasteiger partial charge on any atom is 0.329 e. The average molecular weight is 397 g/mol. The van der Waals surface area contributed by atoms with Crippen molar-refractivity contribution in [2.75, 3.05) is 0 Å². The Labute approximate surface area is 168 Å². The monoisotopic (exact) mass is 397 g/mol. The van der Waals surface area contributed by atoms with Crippen LogP contribution >= 0.6 is 0 Å². The van der Waals surface area contributed by atoms with Gasteiger partial charge in [0.15, 0.2) is 6.10 Å². The van der Waals surface area contributed by atoms with Crippen LogP contribution in [0.5, 0.6) is 0 Å². The van der Waals surface area contributed by atoms with E-state index in [1.165, 1.54) is 26.0 Å². The molecule has 2 atom stereocenters. The van der Waals surface area contributed by atoms with E-state index in [1.54, 1.807) is 12.1 Å². The number of nitrogens with one attached hydrogen (secondary N) is 1. The third kappa shape index (κ3) is 3.86. The summed E-state index contributed by atoms with van der Waals surface area (Å²) in [5.74, 6) is -2.58. The molecule has 1 aliphatic carbocycles. The highest BCUT2D eigenvalue weighted by atomic mass is 16.5. The molecule has 3 amide bonds. The molecule has 1 aromatic rings. The first-order chi connectivity index (χ1) is 13.8. The molecule has 1 aromatic carbocycles. The fraction of sp³-hybridized carbons (Fsp3) is 0.476. The number of imide groups is 1. The lowest BCUT2D eigenvalue weighted by atomic mass is 9.83. The summed E-state index contributed by atoms with van der Waals surface area (Å²) in [6.07, 6.45) is 2.66. The maximum absolute atomic E-state index is 12.5. The van der Waals surface area contributed by atoms with Crippen molar-refractivity contribution < 1.29 is 23.9 Å². The van der Waals surface area contributed by atoms with Gasteiger partial charge in [-0.2, -0.15) is 5.26 Å². The van der Waals surface area contributed by atoms with Crippen molar-refractivity contribution in [2.45, 2.75) is 63.6 Å². The lowest BCUT2D eigenvalue weighted by molar-refractivity contribution is -0.158. The van der Waals surface area contributed by atoms with E-state index >= 15 is 0 Å². The van der Waals surface area contributed by atoms with Gasteiger partial charge in [-0.1, -0.05) is 31.4 Å². The Hall–Kier alpha value is -3.21. The van der Waals surface area contributed by atoms with Crippen molar-refractivity contribution in [3.05, 3.63) is 35.4 Å². The van der Waals surface area contributed by atoms with E-state index in [0.29, 0.717) is 12.8 Å². The molecule has 3 rings (SSSR count). The topological polar surface area (TPSA) is 117 Å². The summed E-state index contributed by atoms with van der Waals surface area (Å²) in [4.78, 5) is 50.8. The average Bonchev–Trinajstić information content (AvgIpc) is 2.98. The van der Waals surface area contributed by atoms with E-state index in [2.05, 4.69) is 11.4 Å². The van der Waals surface area contributed by atoms with Crippen molar-refractivity contribution >= 4 is 23.7 Å². The predicted octanol–water partition coefficient (Wildman–Crippen LogP) is 1.95. The molecular formula is C21H23N3O5. The number of carbonyl (C=O) groups excluding carboxylic acids is 4. The van der Waals surface area contributed by atoms with Crippen LogP contribution in [0.2, 0.25) is 0 Å². The summed E-state index contributed by atoms with van der Waals surface area (Å²) in [6.45, 7) is 2.78. The van der Waals surface area contributed by atoms with Crippen LogP contribution in [0, 0.1) is 11.3 Å². The lowest BCUT2D eigenvalue weighted by Gasteiger charge is -2.32. The Morgan fingerprint density at radius 3 is 2.17 bits per heavy atom. The lowest BCUT2D eigenvalue weighted by Crippen LogP contribution is -2.53. The van der Waals surface area contributed by atoms with Gasteiger partial charge in [-0.05, 0) is 38.8 Å². The largest absolute Gasteiger partial charge is 0.451 e. The van der Waals surface area contributed by atoms with Gasteiger partial charge in [-0.25, -0.2) is 4.79 Å². The fourth-order valence-corrected chi connectivity index (χ4v) is 3.75. The van der Waals surface area contributed by atoms with Crippen molar-refractivity contribution in [1.29, 1.82) is 5.26 Å². The van der Waals surface area contributed by atoms with E-state index < -0.39 is 41.4 Å². The molecule has 1 N–H and O–H groups in total. The van der Waals surface area contributed by atoms with Gasteiger partial charge in [-0.15, -0.1) is 0 Å². The third-order valence-corrected chi connectivity index (χ3v) is 5.50. The number of nitriles is 1. The van der Waals surface area contributed by atoms with E-state index in [-0.39, 0.29) is 11.1 Å². The molecule has 8 heteroatoms. The molecule has 1 saturated carbocycles. The van der Waals surface area contributed by atoms with Crippen LogP contribution in [-0.4, -0.2) is 46.3 Å². The number of fused-ring (bicyclic) bond motifs is 1. The number of benzene rings is 1. The second-order valence-corrected chi connectivity index (χ2v) is 7.52. The first kappa shape index (κ1) is 20.5. The SMILES string of the molecule is C[C@H](OC(=O)[C@H](C)N1C(=O)c2ccccc2C1=O)C(=O)NC1(C#N)CCCCC1. The maximum atomic E-state index is 12.5. The molecule has 0 aromatic heterocycles. The summed E-state index contributed by atoms with van der Waals surface area (Å²) < 4.78 is 5.21. The summed E-state index contributed by atoms with van der Waals surface area (Å²) in [5.41, 5.74) is -0.475. The Morgan fingerprint density at radius 2 is 1.66 bits per heavy atom. The summed E-state index contributed by atoms with van der Waals surface area (Å²) >= 11 is 0. The molecule has 0 spiro atoms. The van der Waals surface area contributed by atoms with Gasteiger partial charge in [0, 0.05) is 0 Å². The molecule has 152 valence electrons. The number of nitrogens with zero attached hydrogens (tertiary/aromatic N) is 2. The Kier molecular flexibility index (Phi) is 5.69. The highest BCUT2D eigenvalue weighted by Gasteiger charge is 2.42. The Balaban J connectivity index is 1.64. The van der Waals surface area contributed by atoms with Gasteiger partial charge in [0.25, 0.3) is 17.7 Å². The zero-order chi connectivity index (χ0) is 21.2. The molecule has 0 bridgehead atoms. The highest BCUT2D eigenvalue weighted by Crippen LogP contribution is 2.28. The van der Waals surface area contributed by atoms with E-state index in [9.17, 15) is 24.4 Å². The first-order valence-corrected chi connectivity index (χ1v) is 9.70. The van der Waals surface area contributed by atoms with Crippen molar-refractivity contribution in [3.8, 4) is 6.07 Å².